The number of amides is 1. The average Bonchev–Trinajstić information content (AvgIpc) is 2.26. The molecule has 0 aliphatic carbocycles. The van der Waals surface area contributed by atoms with Gasteiger partial charge >= 0.3 is 0 Å². The van der Waals surface area contributed by atoms with Crippen LogP contribution in [0.3, 0.4) is 0 Å². The molecule has 0 spiro atoms. The normalized spacial score (nSPS) is 18.6. The molecule has 1 aliphatic rings. The van der Waals surface area contributed by atoms with E-state index in [1.165, 1.54) is 0 Å². The van der Waals surface area contributed by atoms with Gasteiger partial charge in [-0.1, -0.05) is 20.8 Å². The molecule has 0 aromatic carbocycles. The minimum Gasteiger partial charge on any atom is -0.352 e. The van der Waals surface area contributed by atoms with Crippen molar-refractivity contribution in [3.05, 3.63) is 0 Å². The minimum absolute atomic E-state index is 0. The molecule has 5 heteroatoms. The first kappa shape index (κ1) is 17.1. The zero-order valence-electron chi connectivity index (χ0n) is 11.0. The Labute approximate surface area is 115 Å². The fraction of sp³-hybridized carbons (Fsp3) is 0.917. The van der Waals surface area contributed by atoms with Crippen LogP contribution in [0.25, 0.3) is 0 Å². The van der Waals surface area contributed by atoms with Gasteiger partial charge in [0.1, 0.15) is 0 Å². The van der Waals surface area contributed by atoms with E-state index in [1.54, 1.807) is 11.8 Å². The third kappa shape index (κ3) is 5.98. The molecule has 0 saturated carbocycles. The van der Waals surface area contributed by atoms with Gasteiger partial charge < -0.3 is 10.6 Å². The smallest absolute Gasteiger partial charge is 0.233 e. The molecule has 1 rings (SSSR count). The highest BCUT2D eigenvalue weighted by Gasteiger charge is 2.24. The topological polar surface area (TPSA) is 41.1 Å². The molecule has 102 valence electrons. The summed E-state index contributed by atoms with van der Waals surface area (Å²) in [7, 11) is 0. The summed E-state index contributed by atoms with van der Waals surface area (Å²) in [4.78, 5) is 12.1. The van der Waals surface area contributed by atoms with Gasteiger partial charge in [0, 0.05) is 6.04 Å². The summed E-state index contributed by atoms with van der Waals surface area (Å²) >= 11 is 1.75. The predicted molar refractivity (Wildman–Crippen MR) is 78.0 cm³/mol. The largest absolute Gasteiger partial charge is 0.352 e. The molecule has 1 saturated heterocycles. The molecule has 0 aromatic heterocycles. The molecule has 0 aromatic rings. The van der Waals surface area contributed by atoms with E-state index in [-0.39, 0.29) is 23.6 Å². The number of nitrogens with one attached hydrogen (secondary N) is 2. The summed E-state index contributed by atoms with van der Waals surface area (Å²) < 4.78 is 0. The molecule has 1 aliphatic heterocycles. The molecule has 2 N–H and O–H groups in total. The maximum Gasteiger partial charge on any atom is 0.233 e. The standard InChI is InChI=1S/C12H24N2OS.ClH/c1-4-16-11(9(2)3)12(15)14-10-5-7-13-8-6-10;/h9-11,13H,4-8H2,1-3H3,(H,14,15);1H. The maximum absolute atomic E-state index is 12.1. The summed E-state index contributed by atoms with van der Waals surface area (Å²) in [6, 6.07) is 0.382. The third-order valence-electron chi connectivity index (χ3n) is 2.90. The number of halogens is 1. The first-order valence-electron chi connectivity index (χ1n) is 6.27. The Kier molecular flexibility index (Phi) is 9.10. The Hall–Kier alpha value is 0.0700. The van der Waals surface area contributed by atoms with E-state index in [4.69, 9.17) is 0 Å². The molecule has 3 nitrogen and oxygen atoms in total. The van der Waals surface area contributed by atoms with Crippen LogP contribution in [0.4, 0.5) is 0 Å². The van der Waals surface area contributed by atoms with Gasteiger partial charge in [0.2, 0.25) is 5.91 Å². The van der Waals surface area contributed by atoms with Gasteiger partial charge in [-0.25, -0.2) is 0 Å². The first-order chi connectivity index (χ1) is 7.65. The SMILES string of the molecule is CCSC(C(=O)NC1CCNCC1)C(C)C.Cl. The lowest BCUT2D eigenvalue weighted by Crippen LogP contribution is -2.46. The average molecular weight is 281 g/mol. The second-order valence-corrected chi connectivity index (χ2v) is 6.07. The minimum atomic E-state index is 0. The van der Waals surface area contributed by atoms with Crippen molar-refractivity contribution in [2.75, 3.05) is 18.8 Å². The van der Waals surface area contributed by atoms with Crippen LogP contribution in [0.5, 0.6) is 0 Å². The second-order valence-electron chi connectivity index (χ2n) is 4.65. The molecular formula is C12H25ClN2OS. The predicted octanol–water partition coefficient (Wildman–Crippen LogP) is 2.05. The number of carbonyl (C=O) groups is 1. The maximum atomic E-state index is 12.1. The van der Waals surface area contributed by atoms with E-state index in [2.05, 4.69) is 31.4 Å². The van der Waals surface area contributed by atoms with Crippen LogP contribution in [0.2, 0.25) is 0 Å². The Balaban J connectivity index is 0.00000256. The summed E-state index contributed by atoms with van der Waals surface area (Å²) in [5, 5.41) is 6.60. The summed E-state index contributed by atoms with van der Waals surface area (Å²) in [6.45, 7) is 8.40. The van der Waals surface area contributed by atoms with Crippen molar-refractivity contribution >= 4 is 30.1 Å². The van der Waals surface area contributed by atoms with E-state index in [0.29, 0.717) is 12.0 Å². The molecule has 17 heavy (non-hydrogen) atoms. The van der Waals surface area contributed by atoms with Crippen molar-refractivity contribution in [1.29, 1.82) is 0 Å². The molecule has 1 fully saturated rings. The summed E-state index contributed by atoms with van der Waals surface area (Å²) in [5.74, 6) is 1.64. The van der Waals surface area contributed by atoms with Crippen LogP contribution in [-0.4, -0.2) is 36.0 Å². The van der Waals surface area contributed by atoms with Gasteiger partial charge in [-0.2, -0.15) is 0 Å². The molecule has 0 bridgehead atoms. The lowest BCUT2D eigenvalue weighted by molar-refractivity contribution is -0.122. The van der Waals surface area contributed by atoms with Gasteiger partial charge in [-0.05, 0) is 37.6 Å². The number of thioether (sulfide) groups is 1. The van der Waals surface area contributed by atoms with E-state index in [9.17, 15) is 4.79 Å². The van der Waals surface area contributed by atoms with E-state index in [0.717, 1.165) is 31.7 Å². The molecule has 1 unspecified atom stereocenters. The quantitative estimate of drug-likeness (QED) is 0.810. The number of hydrogen-bond donors (Lipinski definition) is 2. The van der Waals surface area contributed by atoms with Crippen LogP contribution in [0.1, 0.15) is 33.6 Å². The fourth-order valence-corrected chi connectivity index (χ4v) is 2.96. The third-order valence-corrected chi connectivity index (χ3v) is 4.35. The molecule has 1 amide bonds. The van der Waals surface area contributed by atoms with Gasteiger partial charge in [0.25, 0.3) is 0 Å². The number of hydrogen-bond acceptors (Lipinski definition) is 3. The summed E-state index contributed by atoms with van der Waals surface area (Å²) in [5.41, 5.74) is 0. The second kappa shape index (κ2) is 9.06. The highest BCUT2D eigenvalue weighted by atomic mass is 35.5. The zero-order valence-corrected chi connectivity index (χ0v) is 12.6. The Morgan fingerprint density at radius 3 is 2.47 bits per heavy atom. The highest BCUT2D eigenvalue weighted by molar-refractivity contribution is 8.00. The van der Waals surface area contributed by atoms with Crippen LogP contribution >= 0.6 is 24.2 Å². The van der Waals surface area contributed by atoms with E-state index >= 15 is 0 Å². The van der Waals surface area contributed by atoms with Gasteiger partial charge in [0.05, 0.1) is 5.25 Å². The van der Waals surface area contributed by atoms with Gasteiger partial charge in [0.15, 0.2) is 0 Å². The monoisotopic (exact) mass is 280 g/mol. The van der Waals surface area contributed by atoms with Crippen LogP contribution in [0.15, 0.2) is 0 Å². The van der Waals surface area contributed by atoms with Gasteiger partial charge in [-0.15, -0.1) is 24.2 Å². The van der Waals surface area contributed by atoms with Crippen molar-refractivity contribution < 1.29 is 4.79 Å². The summed E-state index contributed by atoms with van der Waals surface area (Å²) in [6.07, 6.45) is 2.13. The Morgan fingerprint density at radius 2 is 2.00 bits per heavy atom. The van der Waals surface area contributed by atoms with Crippen molar-refractivity contribution in [3.63, 3.8) is 0 Å². The lowest BCUT2D eigenvalue weighted by atomic mass is 10.1. The Bertz CT molecular complexity index is 221. The lowest BCUT2D eigenvalue weighted by Gasteiger charge is -2.27. The highest BCUT2D eigenvalue weighted by Crippen LogP contribution is 2.19. The number of carbonyl (C=O) groups excluding carboxylic acids is 1. The Morgan fingerprint density at radius 1 is 1.41 bits per heavy atom. The number of piperidine rings is 1. The van der Waals surface area contributed by atoms with Crippen molar-refractivity contribution in [2.45, 2.75) is 44.9 Å². The molecule has 0 radical (unpaired) electrons. The molecule has 1 atom stereocenters. The zero-order chi connectivity index (χ0) is 12.0. The fourth-order valence-electron chi connectivity index (χ4n) is 2.00. The molecular weight excluding hydrogens is 256 g/mol. The van der Waals surface area contributed by atoms with Crippen molar-refractivity contribution in [1.82, 2.24) is 10.6 Å². The van der Waals surface area contributed by atoms with Crippen LogP contribution in [0, 0.1) is 5.92 Å². The molecule has 1 heterocycles. The van der Waals surface area contributed by atoms with Crippen LogP contribution in [-0.2, 0) is 4.79 Å². The van der Waals surface area contributed by atoms with Gasteiger partial charge in [-0.3, -0.25) is 4.79 Å². The number of rotatable bonds is 5. The van der Waals surface area contributed by atoms with Crippen molar-refractivity contribution in [2.24, 2.45) is 5.92 Å². The van der Waals surface area contributed by atoms with Crippen LogP contribution < -0.4 is 10.6 Å². The van der Waals surface area contributed by atoms with E-state index < -0.39 is 0 Å². The first-order valence-corrected chi connectivity index (χ1v) is 7.32. The van der Waals surface area contributed by atoms with E-state index in [1.807, 2.05) is 0 Å². The van der Waals surface area contributed by atoms with Crippen molar-refractivity contribution in [3.8, 4) is 0 Å².